The molecular weight excluding hydrogens is 413 g/mol. The first-order valence-corrected chi connectivity index (χ1v) is 9.98. The highest BCUT2D eigenvalue weighted by molar-refractivity contribution is 6.31. The molecule has 2 aromatic rings. The molecule has 1 fully saturated rings. The smallest absolute Gasteiger partial charge is 0.272 e. The Bertz CT molecular complexity index is 936. The number of halogens is 2. The Balaban J connectivity index is 1.82. The standard InChI is InChI=1S/C21H23ClFN3O4/c1-13-10-15(6-7-18(13)26(28)29)21(27)24-11-19(25-8-9-30-14(2)12-25)20-16(22)4-3-5-17(20)23/h3-7,10,14,19H,8-9,11-12H2,1-2H3,(H,24,27). The SMILES string of the molecule is Cc1cc(C(=O)NCC(c2c(F)cccc2Cl)N2CCOC(C)C2)ccc1[N+](=O)[O-]. The number of hydrogen-bond donors (Lipinski definition) is 1. The first-order chi connectivity index (χ1) is 14.3. The molecule has 0 radical (unpaired) electrons. The number of carbonyl (C=O) groups excluding carboxylic acids is 1. The number of ether oxygens (including phenoxy) is 1. The van der Waals surface area contributed by atoms with Crippen LogP contribution in [0, 0.1) is 22.9 Å². The van der Waals surface area contributed by atoms with Crippen molar-refractivity contribution in [3.8, 4) is 0 Å². The van der Waals surface area contributed by atoms with E-state index in [2.05, 4.69) is 5.32 Å². The second-order valence-electron chi connectivity index (χ2n) is 7.30. The Hall–Kier alpha value is -2.55. The molecular formula is C21H23ClFN3O4. The summed E-state index contributed by atoms with van der Waals surface area (Å²) in [5.41, 5.74) is 0.966. The van der Waals surface area contributed by atoms with Crippen molar-refractivity contribution < 1.29 is 18.8 Å². The zero-order valence-electron chi connectivity index (χ0n) is 16.7. The lowest BCUT2D eigenvalue weighted by atomic mass is 10.0. The molecule has 1 amide bonds. The monoisotopic (exact) mass is 435 g/mol. The highest BCUT2D eigenvalue weighted by Gasteiger charge is 2.29. The van der Waals surface area contributed by atoms with E-state index in [1.807, 2.05) is 11.8 Å². The molecule has 9 heteroatoms. The average molecular weight is 436 g/mol. The van der Waals surface area contributed by atoms with Crippen molar-refractivity contribution in [3.05, 3.63) is 74.0 Å². The Morgan fingerprint density at radius 1 is 1.43 bits per heavy atom. The van der Waals surface area contributed by atoms with Gasteiger partial charge in [-0.25, -0.2) is 4.39 Å². The third-order valence-electron chi connectivity index (χ3n) is 5.16. The molecule has 2 aromatic carbocycles. The third-order valence-corrected chi connectivity index (χ3v) is 5.49. The Morgan fingerprint density at radius 2 is 2.20 bits per heavy atom. The predicted molar refractivity (Wildman–Crippen MR) is 111 cm³/mol. The van der Waals surface area contributed by atoms with Crippen LogP contribution < -0.4 is 5.32 Å². The molecule has 1 aliphatic heterocycles. The first-order valence-electron chi connectivity index (χ1n) is 9.60. The van der Waals surface area contributed by atoms with Gasteiger partial charge in [-0.1, -0.05) is 17.7 Å². The van der Waals surface area contributed by atoms with Crippen molar-refractivity contribution in [3.63, 3.8) is 0 Å². The maximum atomic E-state index is 14.7. The quantitative estimate of drug-likeness (QED) is 0.549. The fourth-order valence-corrected chi connectivity index (χ4v) is 3.95. The number of nitro benzene ring substituents is 1. The number of nitrogens with zero attached hydrogens (tertiary/aromatic N) is 2. The zero-order chi connectivity index (χ0) is 21.8. The van der Waals surface area contributed by atoms with Gasteiger partial charge in [0, 0.05) is 47.4 Å². The van der Waals surface area contributed by atoms with Gasteiger partial charge in [0.25, 0.3) is 11.6 Å². The van der Waals surface area contributed by atoms with Crippen molar-refractivity contribution in [2.75, 3.05) is 26.2 Å². The molecule has 0 aromatic heterocycles. The fraction of sp³-hybridized carbons (Fsp3) is 0.381. The predicted octanol–water partition coefficient (Wildman–Crippen LogP) is 3.89. The van der Waals surface area contributed by atoms with Crippen molar-refractivity contribution in [1.29, 1.82) is 0 Å². The average Bonchev–Trinajstić information content (AvgIpc) is 2.69. The molecule has 1 N–H and O–H groups in total. The van der Waals surface area contributed by atoms with Crippen molar-refractivity contribution in [2.24, 2.45) is 0 Å². The van der Waals surface area contributed by atoms with Crippen LogP contribution in [0.5, 0.6) is 0 Å². The van der Waals surface area contributed by atoms with E-state index in [0.717, 1.165) is 0 Å². The van der Waals surface area contributed by atoms with Crippen molar-refractivity contribution in [2.45, 2.75) is 26.0 Å². The van der Waals surface area contributed by atoms with Crippen LogP contribution in [0.25, 0.3) is 0 Å². The van der Waals surface area contributed by atoms with E-state index in [4.69, 9.17) is 16.3 Å². The van der Waals surface area contributed by atoms with Crippen LogP contribution in [0.15, 0.2) is 36.4 Å². The van der Waals surface area contributed by atoms with Gasteiger partial charge in [-0.15, -0.1) is 0 Å². The van der Waals surface area contributed by atoms with Crippen LogP contribution >= 0.6 is 11.6 Å². The summed E-state index contributed by atoms with van der Waals surface area (Å²) in [6.45, 7) is 5.28. The topological polar surface area (TPSA) is 84.7 Å². The minimum atomic E-state index is -0.493. The minimum absolute atomic E-state index is 0.0279. The number of carbonyl (C=O) groups is 1. The van der Waals surface area contributed by atoms with E-state index in [0.29, 0.717) is 41.4 Å². The summed E-state index contributed by atoms with van der Waals surface area (Å²) >= 11 is 6.31. The largest absolute Gasteiger partial charge is 0.376 e. The summed E-state index contributed by atoms with van der Waals surface area (Å²) < 4.78 is 20.2. The van der Waals surface area contributed by atoms with Crippen LogP contribution in [0.2, 0.25) is 5.02 Å². The second-order valence-corrected chi connectivity index (χ2v) is 7.70. The lowest BCUT2D eigenvalue weighted by Crippen LogP contribution is -2.47. The second kappa shape index (κ2) is 9.51. The molecule has 0 aliphatic carbocycles. The molecule has 0 bridgehead atoms. The lowest BCUT2D eigenvalue weighted by molar-refractivity contribution is -0.385. The summed E-state index contributed by atoms with van der Waals surface area (Å²) in [5, 5.41) is 14.1. The summed E-state index contributed by atoms with van der Waals surface area (Å²) in [7, 11) is 0. The Labute approximate surface area is 178 Å². The summed E-state index contributed by atoms with van der Waals surface area (Å²) in [6, 6.07) is 8.21. The van der Waals surface area contributed by atoms with E-state index in [9.17, 15) is 19.3 Å². The van der Waals surface area contributed by atoms with Crippen LogP contribution in [-0.2, 0) is 4.74 Å². The number of amides is 1. The van der Waals surface area contributed by atoms with Gasteiger partial charge < -0.3 is 10.1 Å². The molecule has 1 heterocycles. The zero-order valence-corrected chi connectivity index (χ0v) is 17.5. The summed E-state index contributed by atoms with van der Waals surface area (Å²) in [6.07, 6.45) is -0.0279. The molecule has 160 valence electrons. The van der Waals surface area contributed by atoms with Gasteiger partial charge >= 0.3 is 0 Å². The van der Waals surface area contributed by atoms with E-state index in [-0.39, 0.29) is 18.3 Å². The molecule has 0 spiro atoms. The number of rotatable bonds is 6. The van der Waals surface area contributed by atoms with E-state index >= 15 is 0 Å². The molecule has 1 saturated heterocycles. The minimum Gasteiger partial charge on any atom is -0.376 e. The molecule has 2 unspecified atom stereocenters. The van der Waals surface area contributed by atoms with Gasteiger partial charge in [-0.2, -0.15) is 0 Å². The Morgan fingerprint density at radius 3 is 2.83 bits per heavy atom. The van der Waals surface area contributed by atoms with E-state index in [1.165, 1.54) is 24.3 Å². The summed E-state index contributed by atoms with van der Waals surface area (Å²) in [5.74, 6) is -0.834. The van der Waals surface area contributed by atoms with Gasteiger partial charge in [-0.05, 0) is 38.1 Å². The van der Waals surface area contributed by atoms with E-state index < -0.39 is 22.7 Å². The first kappa shape index (κ1) is 22.1. The van der Waals surface area contributed by atoms with Gasteiger partial charge in [0.2, 0.25) is 0 Å². The molecule has 3 rings (SSSR count). The van der Waals surface area contributed by atoms with Crippen molar-refractivity contribution >= 4 is 23.2 Å². The number of morpholine rings is 1. The lowest BCUT2D eigenvalue weighted by Gasteiger charge is -2.38. The highest BCUT2D eigenvalue weighted by Crippen LogP contribution is 2.31. The van der Waals surface area contributed by atoms with Crippen molar-refractivity contribution in [1.82, 2.24) is 10.2 Å². The molecule has 2 atom stereocenters. The van der Waals surface area contributed by atoms with Crippen LogP contribution in [0.4, 0.5) is 10.1 Å². The maximum absolute atomic E-state index is 14.7. The number of aryl methyl sites for hydroxylation is 1. The fourth-order valence-electron chi connectivity index (χ4n) is 3.66. The molecule has 30 heavy (non-hydrogen) atoms. The van der Waals surface area contributed by atoms with E-state index in [1.54, 1.807) is 19.1 Å². The Kier molecular flexibility index (Phi) is 7.02. The van der Waals surface area contributed by atoms with Crippen LogP contribution in [0.3, 0.4) is 0 Å². The maximum Gasteiger partial charge on any atom is 0.272 e. The van der Waals surface area contributed by atoms with Gasteiger partial charge in [0.15, 0.2) is 0 Å². The van der Waals surface area contributed by atoms with Gasteiger partial charge in [-0.3, -0.25) is 19.8 Å². The molecule has 1 aliphatic rings. The van der Waals surface area contributed by atoms with Crippen LogP contribution in [-0.4, -0.2) is 48.1 Å². The van der Waals surface area contributed by atoms with Crippen LogP contribution in [0.1, 0.15) is 34.5 Å². The summed E-state index contributed by atoms with van der Waals surface area (Å²) in [4.78, 5) is 25.2. The normalized spacial score (nSPS) is 18.1. The van der Waals surface area contributed by atoms with Gasteiger partial charge in [0.05, 0.1) is 23.7 Å². The highest BCUT2D eigenvalue weighted by atomic mass is 35.5. The molecule has 7 nitrogen and oxygen atoms in total. The number of nitrogens with one attached hydrogen (secondary N) is 1. The number of hydrogen-bond acceptors (Lipinski definition) is 5. The van der Waals surface area contributed by atoms with Gasteiger partial charge in [0.1, 0.15) is 5.82 Å². The third kappa shape index (κ3) is 4.95. The molecule has 0 saturated carbocycles. The number of nitro groups is 1. The number of benzene rings is 2.